The molecule has 0 aromatic carbocycles. The Bertz CT molecular complexity index is 420. The average Bonchev–Trinajstić information content (AvgIpc) is 2.49. The van der Waals surface area contributed by atoms with Crippen molar-refractivity contribution in [3.8, 4) is 0 Å². The van der Waals surface area contributed by atoms with E-state index >= 15 is 0 Å². The van der Waals surface area contributed by atoms with Gasteiger partial charge in [-0.2, -0.15) is 0 Å². The monoisotopic (exact) mass is 290 g/mol. The summed E-state index contributed by atoms with van der Waals surface area (Å²) < 4.78 is 6.30. The summed E-state index contributed by atoms with van der Waals surface area (Å²) in [6.07, 6.45) is 7.52. The van der Waals surface area contributed by atoms with Gasteiger partial charge in [-0.15, -0.1) is 0 Å². The van der Waals surface area contributed by atoms with Crippen molar-refractivity contribution < 1.29 is 4.74 Å². The molecule has 1 aliphatic rings. The standard InChI is InChI=1S/C18H30N2O/c1-5-21-18(11-9-17(2,3)10-12-18)16(19-4)14-15-8-6-7-13-20-15/h6-8,13,16,19H,5,9-12,14H2,1-4H3. The van der Waals surface area contributed by atoms with E-state index in [2.05, 4.69) is 43.2 Å². The molecule has 1 N–H and O–H groups in total. The van der Waals surface area contributed by atoms with Gasteiger partial charge in [0, 0.05) is 31.0 Å². The van der Waals surface area contributed by atoms with Gasteiger partial charge in [0.15, 0.2) is 0 Å². The van der Waals surface area contributed by atoms with Crippen molar-refractivity contribution in [3.05, 3.63) is 30.1 Å². The Morgan fingerprint density at radius 1 is 1.24 bits per heavy atom. The molecule has 0 bridgehead atoms. The zero-order valence-electron chi connectivity index (χ0n) is 14.0. The van der Waals surface area contributed by atoms with Crippen LogP contribution < -0.4 is 5.32 Å². The van der Waals surface area contributed by atoms with E-state index in [1.165, 1.54) is 12.8 Å². The summed E-state index contributed by atoms with van der Waals surface area (Å²) in [6.45, 7) is 7.63. The number of ether oxygens (including phenoxy) is 1. The second-order valence-corrected chi connectivity index (χ2v) is 7.03. The molecule has 1 unspecified atom stereocenters. The van der Waals surface area contributed by atoms with Crippen LogP contribution in [0.2, 0.25) is 0 Å². The minimum absolute atomic E-state index is 0.0451. The lowest BCUT2D eigenvalue weighted by Crippen LogP contribution is -2.55. The summed E-state index contributed by atoms with van der Waals surface area (Å²) in [6, 6.07) is 6.46. The predicted octanol–water partition coefficient (Wildman–Crippen LogP) is 3.59. The Labute approximate surface area is 129 Å². The third kappa shape index (κ3) is 4.04. The zero-order valence-corrected chi connectivity index (χ0v) is 14.0. The number of likely N-dealkylation sites (N-methyl/N-ethyl adjacent to an activating group) is 1. The van der Waals surface area contributed by atoms with E-state index in [9.17, 15) is 0 Å². The van der Waals surface area contributed by atoms with Gasteiger partial charge >= 0.3 is 0 Å². The van der Waals surface area contributed by atoms with Gasteiger partial charge < -0.3 is 10.1 Å². The van der Waals surface area contributed by atoms with Crippen molar-refractivity contribution in [2.75, 3.05) is 13.7 Å². The third-order valence-electron chi connectivity index (χ3n) is 5.00. The normalized spacial score (nSPS) is 21.9. The molecule has 1 saturated carbocycles. The SMILES string of the molecule is CCOC1(C(Cc2ccccn2)NC)CCC(C)(C)CC1. The minimum Gasteiger partial charge on any atom is -0.374 e. The van der Waals surface area contributed by atoms with Crippen LogP contribution in [-0.2, 0) is 11.2 Å². The molecule has 0 aliphatic heterocycles. The Morgan fingerprint density at radius 3 is 2.48 bits per heavy atom. The van der Waals surface area contributed by atoms with Gasteiger partial charge in [-0.3, -0.25) is 4.98 Å². The number of nitrogens with one attached hydrogen (secondary N) is 1. The highest BCUT2D eigenvalue weighted by molar-refractivity contribution is 5.09. The van der Waals surface area contributed by atoms with E-state index < -0.39 is 0 Å². The maximum atomic E-state index is 6.30. The lowest BCUT2D eigenvalue weighted by Gasteiger charge is -2.47. The minimum atomic E-state index is -0.0451. The lowest BCUT2D eigenvalue weighted by molar-refractivity contribution is -0.105. The number of rotatable bonds is 6. The quantitative estimate of drug-likeness (QED) is 0.869. The summed E-state index contributed by atoms with van der Waals surface area (Å²) in [4.78, 5) is 4.49. The summed E-state index contributed by atoms with van der Waals surface area (Å²) in [7, 11) is 2.05. The van der Waals surface area contributed by atoms with Crippen molar-refractivity contribution in [1.29, 1.82) is 0 Å². The molecular weight excluding hydrogens is 260 g/mol. The van der Waals surface area contributed by atoms with E-state index in [-0.39, 0.29) is 5.60 Å². The molecule has 1 aliphatic carbocycles. The summed E-state index contributed by atoms with van der Waals surface area (Å²) in [5.41, 5.74) is 1.54. The summed E-state index contributed by atoms with van der Waals surface area (Å²) in [5.74, 6) is 0. The Morgan fingerprint density at radius 2 is 1.95 bits per heavy atom. The van der Waals surface area contributed by atoms with E-state index in [0.29, 0.717) is 11.5 Å². The van der Waals surface area contributed by atoms with E-state index in [0.717, 1.165) is 31.6 Å². The predicted molar refractivity (Wildman–Crippen MR) is 87.4 cm³/mol. The number of nitrogens with zero attached hydrogens (tertiary/aromatic N) is 1. The first-order chi connectivity index (χ1) is 10.0. The van der Waals surface area contributed by atoms with E-state index in [1.807, 2.05) is 19.3 Å². The molecule has 2 rings (SSSR count). The molecule has 118 valence electrons. The van der Waals surface area contributed by atoms with Crippen LogP contribution in [-0.4, -0.2) is 30.3 Å². The van der Waals surface area contributed by atoms with Crippen LogP contribution in [0.25, 0.3) is 0 Å². The molecule has 0 amide bonds. The van der Waals surface area contributed by atoms with Gasteiger partial charge in [0.2, 0.25) is 0 Å². The Hall–Kier alpha value is -0.930. The molecule has 1 aromatic rings. The smallest absolute Gasteiger partial charge is 0.0838 e. The van der Waals surface area contributed by atoms with E-state index in [1.54, 1.807) is 0 Å². The topological polar surface area (TPSA) is 34.1 Å². The Balaban J connectivity index is 2.15. The molecule has 0 spiro atoms. The van der Waals surface area contributed by atoms with Gasteiger partial charge in [-0.25, -0.2) is 0 Å². The van der Waals surface area contributed by atoms with Crippen LogP contribution in [0.4, 0.5) is 0 Å². The van der Waals surface area contributed by atoms with Crippen molar-refractivity contribution in [3.63, 3.8) is 0 Å². The van der Waals surface area contributed by atoms with Crippen LogP contribution >= 0.6 is 0 Å². The number of hydrogen-bond donors (Lipinski definition) is 1. The van der Waals surface area contributed by atoms with Gasteiger partial charge in [0.25, 0.3) is 0 Å². The van der Waals surface area contributed by atoms with Crippen molar-refractivity contribution in [2.24, 2.45) is 5.41 Å². The van der Waals surface area contributed by atoms with Gasteiger partial charge in [-0.1, -0.05) is 19.9 Å². The van der Waals surface area contributed by atoms with Gasteiger partial charge in [0.05, 0.1) is 5.60 Å². The second-order valence-electron chi connectivity index (χ2n) is 7.03. The van der Waals surface area contributed by atoms with Crippen molar-refractivity contribution in [1.82, 2.24) is 10.3 Å². The average molecular weight is 290 g/mol. The van der Waals surface area contributed by atoms with Gasteiger partial charge in [0.1, 0.15) is 0 Å². The molecule has 1 heterocycles. The number of pyridine rings is 1. The van der Waals surface area contributed by atoms with Crippen LogP contribution in [0, 0.1) is 5.41 Å². The highest BCUT2D eigenvalue weighted by Gasteiger charge is 2.44. The molecular formula is C18H30N2O. The molecule has 1 aromatic heterocycles. The fourth-order valence-corrected chi connectivity index (χ4v) is 3.51. The molecule has 21 heavy (non-hydrogen) atoms. The molecule has 3 nitrogen and oxygen atoms in total. The lowest BCUT2D eigenvalue weighted by atomic mass is 9.67. The van der Waals surface area contributed by atoms with Crippen molar-refractivity contribution in [2.45, 2.75) is 64.5 Å². The second kappa shape index (κ2) is 6.89. The molecule has 0 saturated heterocycles. The number of aromatic nitrogens is 1. The first-order valence-electron chi connectivity index (χ1n) is 8.22. The van der Waals surface area contributed by atoms with E-state index in [4.69, 9.17) is 4.74 Å². The largest absolute Gasteiger partial charge is 0.374 e. The fraction of sp³-hybridized carbons (Fsp3) is 0.722. The van der Waals surface area contributed by atoms with Crippen LogP contribution in [0.1, 0.15) is 52.1 Å². The molecule has 3 heteroatoms. The van der Waals surface area contributed by atoms with Crippen LogP contribution in [0.3, 0.4) is 0 Å². The van der Waals surface area contributed by atoms with Crippen molar-refractivity contribution >= 4 is 0 Å². The highest BCUT2D eigenvalue weighted by atomic mass is 16.5. The third-order valence-corrected chi connectivity index (χ3v) is 5.00. The maximum absolute atomic E-state index is 6.30. The number of hydrogen-bond acceptors (Lipinski definition) is 3. The summed E-state index contributed by atoms with van der Waals surface area (Å²) in [5, 5.41) is 3.51. The first kappa shape index (κ1) is 16.4. The fourth-order valence-electron chi connectivity index (χ4n) is 3.51. The first-order valence-corrected chi connectivity index (χ1v) is 8.22. The van der Waals surface area contributed by atoms with Gasteiger partial charge in [-0.05, 0) is 57.2 Å². The Kier molecular flexibility index (Phi) is 5.39. The van der Waals surface area contributed by atoms with Crippen LogP contribution in [0.5, 0.6) is 0 Å². The highest BCUT2D eigenvalue weighted by Crippen LogP contribution is 2.44. The maximum Gasteiger partial charge on any atom is 0.0838 e. The molecule has 0 radical (unpaired) electrons. The molecule has 1 fully saturated rings. The van der Waals surface area contributed by atoms with Crippen LogP contribution in [0.15, 0.2) is 24.4 Å². The zero-order chi connectivity index (χ0) is 15.3. The molecule has 1 atom stereocenters. The summed E-state index contributed by atoms with van der Waals surface area (Å²) >= 11 is 0.